The SMILES string of the molecule is COc1ccc(OCCCOc2ccc(-c3cscn3)cc2N)cc1. The fourth-order valence-corrected chi connectivity index (χ4v) is 2.86. The first-order chi connectivity index (χ1) is 12.3. The van der Waals surface area contributed by atoms with Crippen LogP contribution in [-0.2, 0) is 0 Å². The van der Waals surface area contributed by atoms with Gasteiger partial charge in [-0.15, -0.1) is 11.3 Å². The third-order valence-electron chi connectivity index (χ3n) is 3.61. The lowest BCUT2D eigenvalue weighted by atomic mass is 10.1. The molecule has 0 atom stereocenters. The van der Waals surface area contributed by atoms with Gasteiger partial charge in [0.1, 0.15) is 17.2 Å². The molecule has 2 N–H and O–H groups in total. The van der Waals surface area contributed by atoms with Crippen molar-refractivity contribution in [2.24, 2.45) is 0 Å². The molecule has 1 heterocycles. The summed E-state index contributed by atoms with van der Waals surface area (Å²) in [4.78, 5) is 4.28. The van der Waals surface area contributed by atoms with Crippen LogP contribution in [0.5, 0.6) is 17.2 Å². The van der Waals surface area contributed by atoms with Crippen molar-refractivity contribution in [3.05, 3.63) is 53.4 Å². The molecule has 0 aliphatic carbocycles. The van der Waals surface area contributed by atoms with Gasteiger partial charge >= 0.3 is 0 Å². The third kappa shape index (κ3) is 4.64. The van der Waals surface area contributed by atoms with Gasteiger partial charge < -0.3 is 19.9 Å². The Bertz CT molecular complexity index is 789. The second-order valence-corrected chi connectivity index (χ2v) is 6.07. The fourth-order valence-electron chi connectivity index (χ4n) is 2.30. The average Bonchev–Trinajstić information content (AvgIpc) is 3.18. The van der Waals surface area contributed by atoms with Gasteiger partial charge in [-0.25, -0.2) is 4.98 Å². The molecule has 130 valence electrons. The Morgan fingerprint density at radius 2 is 1.76 bits per heavy atom. The molecular formula is C19H20N2O3S. The number of thiazole rings is 1. The van der Waals surface area contributed by atoms with E-state index >= 15 is 0 Å². The molecule has 6 heteroatoms. The molecule has 0 aliphatic rings. The van der Waals surface area contributed by atoms with Gasteiger partial charge in [0.05, 0.1) is 37.2 Å². The van der Waals surface area contributed by atoms with Crippen molar-refractivity contribution >= 4 is 17.0 Å². The highest BCUT2D eigenvalue weighted by atomic mass is 32.1. The predicted octanol–water partition coefficient (Wildman–Crippen LogP) is 4.25. The largest absolute Gasteiger partial charge is 0.497 e. The highest BCUT2D eigenvalue weighted by molar-refractivity contribution is 7.07. The first kappa shape index (κ1) is 17.1. The van der Waals surface area contributed by atoms with Crippen LogP contribution in [0.2, 0.25) is 0 Å². The summed E-state index contributed by atoms with van der Waals surface area (Å²) in [6.07, 6.45) is 0.763. The molecule has 0 unspecified atom stereocenters. The van der Waals surface area contributed by atoms with Crippen molar-refractivity contribution in [2.75, 3.05) is 26.1 Å². The van der Waals surface area contributed by atoms with E-state index in [9.17, 15) is 0 Å². The van der Waals surface area contributed by atoms with Crippen LogP contribution in [0, 0.1) is 0 Å². The molecular weight excluding hydrogens is 336 g/mol. The monoisotopic (exact) mass is 356 g/mol. The number of hydrogen-bond acceptors (Lipinski definition) is 6. The van der Waals surface area contributed by atoms with Gasteiger partial charge in [-0.1, -0.05) is 0 Å². The number of anilines is 1. The summed E-state index contributed by atoms with van der Waals surface area (Å²) in [7, 11) is 1.64. The van der Waals surface area contributed by atoms with E-state index in [1.54, 1.807) is 24.0 Å². The van der Waals surface area contributed by atoms with Crippen molar-refractivity contribution < 1.29 is 14.2 Å². The van der Waals surface area contributed by atoms with Crippen LogP contribution >= 0.6 is 11.3 Å². The standard InChI is InChI=1S/C19H20N2O3S/c1-22-15-4-6-16(7-5-15)23-9-2-10-24-19-8-3-14(11-17(19)20)18-12-25-13-21-18/h3-8,11-13H,2,9-10,20H2,1H3. The zero-order valence-electron chi connectivity index (χ0n) is 14.0. The molecule has 3 aromatic rings. The van der Waals surface area contributed by atoms with E-state index in [-0.39, 0.29) is 0 Å². The Kier molecular flexibility index (Phi) is 5.74. The Balaban J connectivity index is 1.44. The Morgan fingerprint density at radius 1 is 1.00 bits per heavy atom. The van der Waals surface area contributed by atoms with Crippen LogP contribution in [0.4, 0.5) is 5.69 Å². The van der Waals surface area contributed by atoms with Gasteiger partial charge in [-0.2, -0.15) is 0 Å². The molecule has 0 radical (unpaired) electrons. The highest BCUT2D eigenvalue weighted by Crippen LogP contribution is 2.28. The summed E-state index contributed by atoms with van der Waals surface area (Å²) in [6, 6.07) is 13.2. The molecule has 2 aromatic carbocycles. The lowest BCUT2D eigenvalue weighted by molar-refractivity contribution is 0.248. The minimum atomic E-state index is 0.538. The van der Waals surface area contributed by atoms with Crippen LogP contribution in [0.15, 0.2) is 53.4 Å². The molecule has 0 saturated heterocycles. The maximum absolute atomic E-state index is 6.07. The van der Waals surface area contributed by atoms with Crippen molar-refractivity contribution in [1.82, 2.24) is 4.98 Å². The summed E-state index contributed by atoms with van der Waals surface area (Å²) < 4.78 is 16.5. The second-order valence-electron chi connectivity index (χ2n) is 5.35. The van der Waals surface area contributed by atoms with Crippen LogP contribution in [0.3, 0.4) is 0 Å². The zero-order valence-corrected chi connectivity index (χ0v) is 14.8. The van der Waals surface area contributed by atoms with Crippen LogP contribution in [-0.4, -0.2) is 25.3 Å². The van der Waals surface area contributed by atoms with Crippen LogP contribution in [0.1, 0.15) is 6.42 Å². The predicted molar refractivity (Wildman–Crippen MR) is 101 cm³/mol. The van der Waals surface area contributed by atoms with Gasteiger partial charge in [-0.3, -0.25) is 0 Å². The van der Waals surface area contributed by atoms with Crippen molar-refractivity contribution in [1.29, 1.82) is 0 Å². The van der Waals surface area contributed by atoms with Crippen molar-refractivity contribution in [3.8, 4) is 28.5 Å². The van der Waals surface area contributed by atoms with E-state index in [1.165, 1.54) is 0 Å². The fraction of sp³-hybridized carbons (Fsp3) is 0.211. The Morgan fingerprint density at radius 3 is 2.44 bits per heavy atom. The topological polar surface area (TPSA) is 66.6 Å². The lowest BCUT2D eigenvalue weighted by Gasteiger charge is -2.11. The molecule has 0 saturated carbocycles. The average molecular weight is 356 g/mol. The molecule has 25 heavy (non-hydrogen) atoms. The zero-order chi connectivity index (χ0) is 17.5. The number of ether oxygens (including phenoxy) is 3. The Labute approximate surface area is 151 Å². The summed E-state index contributed by atoms with van der Waals surface area (Å²) in [6.45, 7) is 1.11. The first-order valence-corrected chi connectivity index (χ1v) is 8.88. The normalized spacial score (nSPS) is 10.4. The smallest absolute Gasteiger partial charge is 0.142 e. The summed E-state index contributed by atoms with van der Waals surface area (Å²) in [5, 5.41) is 1.99. The quantitative estimate of drug-likeness (QED) is 0.483. The van der Waals surface area contributed by atoms with Crippen LogP contribution in [0.25, 0.3) is 11.3 Å². The van der Waals surface area contributed by atoms with E-state index in [1.807, 2.05) is 47.8 Å². The maximum atomic E-state index is 6.07. The summed E-state index contributed by atoms with van der Waals surface area (Å²) >= 11 is 1.56. The van der Waals surface area contributed by atoms with Gasteiger partial charge in [0.2, 0.25) is 0 Å². The molecule has 1 aromatic heterocycles. The van der Waals surface area contributed by atoms with E-state index in [2.05, 4.69) is 4.98 Å². The van der Waals surface area contributed by atoms with Crippen molar-refractivity contribution in [3.63, 3.8) is 0 Å². The number of nitrogens with two attached hydrogens (primary N) is 1. The van der Waals surface area contributed by atoms with E-state index in [0.29, 0.717) is 24.7 Å². The van der Waals surface area contributed by atoms with Gasteiger partial charge in [0.15, 0.2) is 0 Å². The minimum absolute atomic E-state index is 0.538. The van der Waals surface area contributed by atoms with E-state index < -0.39 is 0 Å². The molecule has 0 spiro atoms. The van der Waals surface area contributed by atoms with Crippen LogP contribution < -0.4 is 19.9 Å². The first-order valence-electron chi connectivity index (χ1n) is 7.94. The number of hydrogen-bond donors (Lipinski definition) is 1. The molecule has 0 bridgehead atoms. The van der Waals surface area contributed by atoms with E-state index in [4.69, 9.17) is 19.9 Å². The third-order valence-corrected chi connectivity index (χ3v) is 4.20. The van der Waals surface area contributed by atoms with Gasteiger partial charge in [-0.05, 0) is 42.5 Å². The lowest BCUT2D eigenvalue weighted by Crippen LogP contribution is -2.06. The van der Waals surface area contributed by atoms with Crippen molar-refractivity contribution in [2.45, 2.75) is 6.42 Å². The van der Waals surface area contributed by atoms with E-state index in [0.717, 1.165) is 29.2 Å². The Hall–Kier alpha value is -2.73. The molecule has 0 amide bonds. The van der Waals surface area contributed by atoms with Gasteiger partial charge in [0.25, 0.3) is 0 Å². The number of methoxy groups -OCH3 is 1. The minimum Gasteiger partial charge on any atom is -0.497 e. The number of aromatic nitrogens is 1. The molecule has 3 rings (SSSR count). The second kappa shape index (κ2) is 8.39. The molecule has 5 nitrogen and oxygen atoms in total. The summed E-state index contributed by atoms with van der Waals surface area (Å²) in [5.41, 5.74) is 10.4. The summed E-state index contributed by atoms with van der Waals surface area (Å²) in [5.74, 6) is 2.31. The van der Waals surface area contributed by atoms with Gasteiger partial charge in [0, 0.05) is 17.4 Å². The highest BCUT2D eigenvalue weighted by Gasteiger charge is 2.05. The molecule has 0 fully saturated rings. The number of benzene rings is 2. The number of nitrogens with zero attached hydrogens (tertiary/aromatic N) is 1. The maximum Gasteiger partial charge on any atom is 0.142 e. The number of rotatable bonds is 8. The molecule has 0 aliphatic heterocycles. The number of nitrogen functional groups attached to an aromatic ring is 1.